The van der Waals surface area contributed by atoms with E-state index < -0.39 is 0 Å². The average molecular weight is 385 g/mol. The molecular weight excluding hydrogens is 364 g/mol. The van der Waals surface area contributed by atoms with Crippen LogP contribution in [-0.4, -0.2) is 21.3 Å². The highest BCUT2D eigenvalue weighted by molar-refractivity contribution is 5.85. The van der Waals surface area contributed by atoms with E-state index in [0.29, 0.717) is 17.0 Å². The first-order valence-corrected chi connectivity index (χ1v) is 8.63. The maximum atomic E-state index is 9.66. The van der Waals surface area contributed by atoms with Crippen LogP contribution in [0, 0.1) is 25.2 Å². The van der Waals surface area contributed by atoms with Crippen molar-refractivity contribution in [1.82, 2.24) is 20.1 Å². The number of halogens is 1. The number of nitrogens with zero attached hydrogens (tertiary/aromatic N) is 4. The van der Waals surface area contributed by atoms with E-state index in [2.05, 4.69) is 16.4 Å². The van der Waals surface area contributed by atoms with Gasteiger partial charge in [-0.3, -0.25) is 4.68 Å². The van der Waals surface area contributed by atoms with Crippen LogP contribution in [0.15, 0.2) is 22.6 Å². The molecule has 3 aromatic rings. The second-order valence-electron chi connectivity index (χ2n) is 6.52. The molecule has 4 rings (SSSR count). The summed E-state index contributed by atoms with van der Waals surface area (Å²) in [6.07, 6.45) is 1.02. The molecule has 0 aliphatic carbocycles. The number of fused-ring (bicyclic) bond motifs is 1. The normalized spacial score (nSPS) is 13.4. The third-order valence-electron chi connectivity index (χ3n) is 4.70. The molecule has 1 aliphatic rings. The topological polar surface area (TPSA) is 106 Å². The monoisotopic (exact) mass is 384 g/mol. The molecule has 0 atom stereocenters. The Bertz CT molecular complexity index is 1010. The van der Waals surface area contributed by atoms with Crippen LogP contribution < -0.4 is 11.1 Å². The van der Waals surface area contributed by atoms with Gasteiger partial charge in [0.2, 0.25) is 0 Å². The van der Waals surface area contributed by atoms with Crippen molar-refractivity contribution in [3.05, 3.63) is 40.8 Å². The van der Waals surface area contributed by atoms with E-state index in [-0.39, 0.29) is 18.2 Å². The van der Waals surface area contributed by atoms with Crippen LogP contribution in [0.3, 0.4) is 0 Å². The van der Waals surface area contributed by atoms with Crippen molar-refractivity contribution >= 4 is 18.2 Å². The molecule has 27 heavy (non-hydrogen) atoms. The molecule has 140 valence electrons. The Balaban J connectivity index is 0.00000210. The van der Waals surface area contributed by atoms with E-state index in [9.17, 15) is 5.26 Å². The van der Waals surface area contributed by atoms with Gasteiger partial charge in [0.15, 0.2) is 5.76 Å². The van der Waals surface area contributed by atoms with Crippen molar-refractivity contribution in [2.75, 3.05) is 12.3 Å². The SMILES string of the molecule is Cc1ccc(-c2nc(N)c(C#N)c(-c3cc4n(n3)CCCNC4)c2C)o1.Cl. The zero-order valence-electron chi connectivity index (χ0n) is 15.2. The number of hydrogen-bond acceptors (Lipinski definition) is 6. The number of pyridine rings is 1. The number of rotatable bonds is 2. The van der Waals surface area contributed by atoms with Crippen molar-refractivity contribution in [1.29, 1.82) is 5.26 Å². The Hall–Kier alpha value is -2.82. The van der Waals surface area contributed by atoms with Gasteiger partial charge in [-0.1, -0.05) is 0 Å². The van der Waals surface area contributed by atoms with Crippen LogP contribution in [0.4, 0.5) is 5.82 Å². The van der Waals surface area contributed by atoms with Crippen molar-refractivity contribution in [2.24, 2.45) is 0 Å². The number of nitrogen functional groups attached to an aromatic ring is 1. The third kappa shape index (κ3) is 3.29. The van der Waals surface area contributed by atoms with E-state index in [1.165, 1.54) is 0 Å². The number of anilines is 1. The van der Waals surface area contributed by atoms with Crippen molar-refractivity contribution in [3.8, 4) is 28.8 Å². The molecule has 8 heteroatoms. The van der Waals surface area contributed by atoms with Gasteiger partial charge in [-0.25, -0.2) is 4.98 Å². The largest absolute Gasteiger partial charge is 0.460 e. The summed E-state index contributed by atoms with van der Waals surface area (Å²) < 4.78 is 7.73. The number of aryl methyl sites for hydroxylation is 2. The molecular formula is C19H21ClN6O. The highest BCUT2D eigenvalue weighted by atomic mass is 35.5. The number of aromatic nitrogens is 3. The fraction of sp³-hybridized carbons (Fsp3) is 0.316. The van der Waals surface area contributed by atoms with E-state index in [1.807, 2.05) is 36.7 Å². The fourth-order valence-corrected chi connectivity index (χ4v) is 3.41. The van der Waals surface area contributed by atoms with Crippen molar-refractivity contribution in [3.63, 3.8) is 0 Å². The van der Waals surface area contributed by atoms with Gasteiger partial charge in [0, 0.05) is 18.7 Å². The van der Waals surface area contributed by atoms with Gasteiger partial charge in [0.05, 0.1) is 11.4 Å². The third-order valence-corrected chi connectivity index (χ3v) is 4.70. The Morgan fingerprint density at radius 2 is 2.15 bits per heavy atom. The number of hydrogen-bond donors (Lipinski definition) is 2. The fourth-order valence-electron chi connectivity index (χ4n) is 3.41. The van der Waals surface area contributed by atoms with Crippen LogP contribution in [0.5, 0.6) is 0 Å². The summed E-state index contributed by atoms with van der Waals surface area (Å²) in [5.74, 6) is 1.63. The molecule has 0 bridgehead atoms. The minimum atomic E-state index is 0. The second-order valence-corrected chi connectivity index (χ2v) is 6.52. The maximum Gasteiger partial charge on any atom is 0.153 e. The standard InChI is InChI=1S/C19H20N6O.ClH/c1-11-4-5-16(26-11)18-12(2)17(14(9-20)19(21)23-18)15-8-13-10-22-6-3-7-25(13)24-15;/h4-5,8,22H,3,6-7,10H2,1-2H3,(H2,21,23);1H. The predicted octanol–water partition coefficient (Wildman–Crippen LogP) is 3.19. The van der Waals surface area contributed by atoms with Crippen LogP contribution in [0.1, 0.15) is 29.0 Å². The van der Waals surface area contributed by atoms with Gasteiger partial charge in [-0.05, 0) is 50.6 Å². The van der Waals surface area contributed by atoms with Crippen LogP contribution in [-0.2, 0) is 13.1 Å². The lowest BCUT2D eigenvalue weighted by atomic mass is 9.98. The first-order chi connectivity index (χ1) is 12.6. The van der Waals surface area contributed by atoms with E-state index in [0.717, 1.165) is 54.3 Å². The molecule has 0 amide bonds. The number of nitrogens with one attached hydrogen (secondary N) is 1. The summed E-state index contributed by atoms with van der Waals surface area (Å²) in [5, 5.41) is 17.8. The Morgan fingerprint density at radius 3 is 2.85 bits per heavy atom. The minimum absolute atomic E-state index is 0. The first-order valence-electron chi connectivity index (χ1n) is 8.63. The molecule has 3 N–H and O–H groups in total. The summed E-state index contributed by atoms with van der Waals surface area (Å²) in [6, 6.07) is 7.97. The Kier molecular flexibility index (Phi) is 5.22. The molecule has 0 saturated heterocycles. The number of nitriles is 1. The van der Waals surface area contributed by atoms with Crippen LogP contribution in [0.2, 0.25) is 0 Å². The van der Waals surface area contributed by atoms with Gasteiger partial charge < -0.3 is 15.5 Å². The zero-order chi connectivity index (χ0) is 18.3. The van der Waals surface area contributed by atoms with E-state index in [4.69, 9.17) is 15.2 Å². The van der Waals surface area contributed by atoms with Gasteiger partial charge in [-0.2, -0.15) is 10.4 Å². The first kappa shape index (κ1) is 19.0. The predicted molar refractivity (Wildman–Crippen MR) is 105 cm³/mol. The molecule has 7 nitrogen and oxygen atoms in total. The number of nitrogens with two attached hydrogens (primary N) is 1. The molecule has 1 aliphatic heterocycles. The van der Waals surface area contributed by atoms with Crippen molar-refractivity contribution < 1.29 is 4.42 Å². The zero-order valence-corrected chi connectivity index (χ0v) is 16.1. The van der Waals surface area contributed by atoms with Gasteiger partial charge in [0.25, 0.3) is 0 Å². The molecule has 3 aromatic heterocycles. The molecule has 0 radical (unpaired) electrons. The van der Waals surface area contributed by atoms with Gasteiger partial charge in [0.1, 0.15) is 28.9 Å². The Morgan fingerprint density at radius 1 is 1.33 bits per heavy atom. The molecule has 0 spiro atoms. The Labute approximate surface area is 163 Å². The summed E-state index contributed by atoms with van der Waals surface area (Å²) >= 11 is 0. The lowest BCUT2D eigenvalue weighted by Gasteiger charge is -2.12. The minimum Gasteiger partial charge on any atom is -0.460 e. The molecule has 0 fully saturated rings. The van der Waals surface area contributed by atoms with Crippen LogP contribution in [0.25, 0.3) is 22.7 Å². The summed E-state index contributed by atoms with van der Waals surface area (Å²) in [7, 11) is 0. The molecule has 0 aromatic carbocycles. The summed E-state index contributed by atoms with van der Waals surface area (Å²) in [6.45, 7) is 6.41. The van der Waals surface area contributed by atoms with Gasteiger partial charge >= 0.3 is 0 Å². The summed E-state index contributed by atoms with van der Waals surface area (Å²) in [5.41, 5.74) is 10.5. The van der Waals surface area contributed by atoms with Crippen molar-refractivity contribution in [2.45, 2.75) is 33.4 Å². The maximum absolute atomic E-state index is 9.66. The van der Waals surface area contributed by atoms with E-state index >= 15 is 0 Å². The quantitative estimate of drug-likeness (QED) is 0.702. The summed E-state index contributed by atoms with van der Waals surface area (Å²) in [4.78, 5) is 4.42. The number of furan rings is 1. The smallest absolute Gasteiger partial charge is 0.153 e. The molecule has 4 heterocycles. The molecule has 0 unspecified atom stereocenters. The highest BCUT2D eigenvalue weighted by Crippen LogP contribution is 2.36. The average Bonchev–Trinajstić information content (AvgIpc) is 3.16. The second kappa shape index (κ2) is 7.43. The van der Waals surface area contributed by atoms with Gasteiger partial charge in [-0.15, -0.1) is 12.4 Å². The molecule has 0 saturated carbocycles. The lowest BCUT2D eigenvalue weighted by molar-refractivity contribution is 0.546. The highest BCUT2D eigenvalue weighted by Gasteiger charge is 2.23. The van der Waals surface area contributed by atoms with Crippen LogP contribution >= 0.6 is 12.4 Å². The van der Waals surface area contributed by atoms with E-state index in [1.54, 1.807) is 0 Å². The lowest BCUT2D eigenvalue weighted by Crippen LogP contribution is -2.11.